The number of nitrogens with two attached hydrogens (primary N) is 1. The molecular formula is C15H22N2O4. The van der Waals surface area contributed by atoms with Gasteiger partial charge in [0.15, 0.2) is 0 Å². The molecule has 0 aliphatic carbocycles. The van der Waals surface area contributed by atoms with Crippen molar-refractivity contribution in [1.29, 1.82) is 0 Å². The second-order valence-corrected chi connectivity index (χ2v) is 4.62. The van der Waals surface area contributed by atoms with Crippen LogP contribution in [0.1, 0.15) is 18.4 Å². The second kappa shape index (κ2) is 8.97. The summed E-state index contributed by atoms with van der Waals surface area (Å²) in [6.45, 7) is 0.606. The summed E-state index contributed by atoms with van der Waals surface area (Å²) in [5.74, 6) is -0.470. The van der Waals surface area contributed by atoms with Gasteiger partial charge in [0.1, 0.15) is 12.6 Å². The molecule has 0 saturated carbocycles. The third-order valence-electron chi connectivity index (χ3n) is 3.12. The number of hydrogen-bond donors (Lipinski definition) is 1. The van der Waals surface area contributed by atoms with Crippen molar-refractivity contribution in [2.24, 2.45) is 5.73 Å². The maximum atomic E-state index is 12.0. The first-order valence-corrected chi connectivity index (χ1v) is 6.81. The highest BCUT2D eigenvalue weighted by Gasteiger charge is 2.28. The van der Waals surface area contributed by atoms with Crippen LogP contribution in [0.2, 0.25) is 0 Å². The van der Waals surface area contributed by atoms with Gasteiger partial charge < -0.3 is 15.2 Å². The fourth-order valence-corrected chi connectivity index (χ4v) is 1.87. The molecule has 1 aromatic carbocycles. The van der Waals surface area contributed by atoms with Gasteiger partial charge >= 0.3 is 12.1 Å². The Balaban J connectivity index is 2.58. The first-order valence-electron chi connectivity index (χ1n) is 6.81. The maximum absolute atomic E-state index is 12.0. The van der Waals surface area contributed by atoms with Crippen LogP contribution in [0.4, 0.5) is 4.79 Å². The van der Waals surface area contributed by atoms with Crippen molar-refractivity contribution < 1.29 is 19.1 Å². The largest absolute Gasteiger partial charge is 0.467 e. The van der Waals surface area contributed by atoms with E-state index in [0.29, 0.717) is 19.4 Å². The Morgan fingerprint density at radius 3 is 2.52 bits per heavy atom. The lowest BCUT2D eigenvalue weighted by atomic mass is 10.1. The number of likely N-dealkylation sites (N-methyl/N-ethyl adjacent to an activating group) is 1. The zero-order valence-electron chi connectivity index (χ0n) is 12.5. The lowest BCUT2D eigenvalue weighted by Crippen LogP contribution is -2.43. The Bertz CT molecular complexity index is 450. The van der Waals surface area contributed by atoms with Crippen LogP contribution in [0.25, 0.3) is 0 Å². The SMILES string of the molecule is COC(=O)C(CCCN)N(C)C(=O)OCc1ccccc1. The zero-order valence-corrected chi connectivity index (χ0v) is 12.5. The summed E-state index contributed by atoms with van der Waals surface area (Å²) >= 11 is 0. The van der Waals surface area contributed by atoms with E-state index in [9.17, 15) is 9.59 Å². The van der Waals surface area contributed by atoms with Crippen LogP contribution in [-0.2, 0) is 20.9 Å². The molecule has 0 aliphatic heterocycles. The van der Waals surface area contributed by atoms with E-state index < -0.39 is 18.1 Å². The van der Waals surface area contributed by atoms with Crippen LogP contribution in [0.5, 0.6) is 0 Å². The van der Waals surface area contributed by atoms with Crippen molar-refractivity contribution in [2.75, 3.05) is 20.7 Å². The third kappa shape index (κ3) is 5.43. The van der Waals surface area contributed by atoms with E-state index in [-0.39, 0.29) is 6.61 Å². The molecular weight excluding hydrogens is 272 g/mol. The minimum atomic E-state index is -0.679. The summed E-state index contributed by atoms with van der Waals surface area (Å²) in [5, 5.41) is 0. The van der Waals surface area contributed by atoms with Crippen molar-refractivity contribution in [3.8, 4) is 0 Å². The maximum Gasteiger partial charge on any atom is 0.410 e. The van der Waals surface area contributed by atoms with Crippen LogP contribution in [0.3, 0.4) is 0 Å². The molecule has 1 atom stereocenters. The first-order chi connectivity index (χ1) is 10.1. The van der Waals surface area contributed by atoms with E-state index in [1.807, 2.05) is 30.3 Å². The van der Waals surface area contributed by atoms with Gasteiger partial charge in [0, 0.05) is 7.05 Å². The standard InChI is InChI=1S/C15H22N2O4/c1-17(13(9-6-10-16)14(18)20-2)15(19)21-11-12-7-4-3-5-8-12/h3-5,7-8,13H,6,9-11,16H2,1-2H3. The summed E-state index contributed by atoms with van der Waals surface area (Å²) in [6, 6.07) is 8.66. The number of hydrogen-bond acceptors (Lipinski definition) is 5. The molecule has 0 radical (unpaired) electrons. The fourth-order valence-electron chi connectivity index (χ4n) is 1.87. The third-order valence-corrected chi connectivity index (χ3v) is 3.12. The van der Waals surface area contributed by atoms with E-state index in [2.05, 4.69) is 0 Å². The van der Waals surface area contributed by atoms with Gasteiger partial charge in [-0.05, 0) is 24.9 Å². The fraction of sp³-hybridized carbons (Fsp3) is 0.467. The van der Waals surface area contributed by atoms with Crippen LogP contribution in [0.15, 0.2) is 30.3 Å². The quantitative estimate of drug-likeness (QED) is 0.771. The van der Waals surface area contributed by atoms with Crippen molar-refractivity contribution in [3.05, 3.63) is 35.9 Å². The molecule has 0 aromatic heterocycles. The van der Waals surface area contributed by atoms with Crippen molar-refractivity contribution in [3.63, 3.8) is 0 Å². The minimum Gasteiger partial charge on any atom is -0.467 e. The monoisotopic (exact) mass is 294 g/mol. The molecule has 0 aliphatic rings. The van der Waals surface area contributed by atoms with Crippen LogP contribution in [-0.4, -0.2) is 43.7 Å². The second-order valence-electron chi connectivity index (χ2n) is 4.62. The van der Waals surface area contributed by atoms with Gasteiger partial charge in [-0.15, -0.1) is 0 Å². The Morgan fingerprint density at radius 1 is 1.29 bits per heavy atom. The Kier molecular flexibility index (Phi) is 7.25. The summed E-state index contributed by atoms with van der Waals surface area (Å²) in [7, 11) is 2.81. The highest BCUT2D eigenvalue weighted by Crippen LogP contribution is 2.10. The van der Waals surface area contributed by atoms with Gasteiger partial charge in [-0.2, -0.15) is 0 Å². The molecule has 2 N–H and O–H groups in total. The van der Waals surface area contributed by atoms with Crippen LogP contribution in [0, 0.1) is 0 Å². The first kappa shape index (κ1) is 17.0. The average molecular weight is 294 g/mol. The molecule has 0 heterocycles. The Labute approximate surface area is 124 Å². The molecule has 1 aromatic rings. The number of methoxy groups -OCH3 is 1. The lowest BCUT2D eigenvalue weighted by Gasteiger charge is -2.25. The van der Waals surface area contributed by atoms with E-state index in [1.165, 1.54) is 19.1 Å². The normalized spacial score (nSPS) is 11.6. The predicted octanol–water partition coefficient (Wildman–Crippen LogP) is 1.54. The number of esters is 1. The topological polar surface area (TPSA) is 81.9 Å². The van der Waals surface area contributed by atoms with Gasteiger partial charge in [0.2, 0.25) is 0 Å². The molecule has 1 rings (SSSR count). The van der Waals surface area contributed by atoms with Crippen LogP contribution < -0.4 is 5.73 Å². The average Bonchev–Trinajstić information content (AvgIpc) is 2.53. The van der Waals surface area contributed by atoms with E-state index in [1.54, 1.807) is 0 Å². The van der Waals surface area contributed by atoms with Crippen LogP contribution >= 0.6 is 0 Å². The molecule has 1 unspecified atom stereocenters. The van der Waals surface area contributed by atoms with E-state index >= 15 is 0 Å². The zero-order chi connectivity index (χ0) is 15.7. The molecule has 0 bridgehead atoms. The summed E-state index contributed by atoms with van der Waals surface area (Å²) in [5.41, 5.74) is 6.33. The van der Waals surface area contributed by atoms with E-state index in [0.717, 1.165) is 5.56 Å². The summed E-state index contributed by atoms with van der Waals surface area (Å²) in [6.07, 6.45) is 0.502. The number of carbonyl (C=O) groups is 2. The number of rotatable bonds is 7. The number of ether oxygens (including phenoxy) is 2. The van der Waals surface area contributed by atoms with Gasteiger partial charge in [-0.1, -0.05) is 30.3 Å². The Hall–Kier alpha value is -2.08. The molecule has 1 amide bonds. The van der Waals surface area contributed by atoms with Crippen molar-refractivity contribution in [2.45, 2.75) is 25.5 Å². The van der Waals surface area contributed by atoms with Gasteiger partial charge in [0.05, 0.1) is 7.11 Å². The summed E-state index contributed by atoms with van der Waals surface area (Å²) in [4.78, 5) is 25.0. The smallest absolute Gasteiger partial charge is 0.410 e. The Morgan fingerprint density at radius 2 is 1.95 bits per heavy atom. The molecule has 0 spiro atoms. The van der Waals surface area contributed by atoms with E-state index in [4.69, 9.17) is 15.2 Å². The number of amides is 1. The lowest BCUT2D eigenvalue weighted by molar-refractivity contribution is -0.146. The molecule has 116 valence electrons. The minimum absolute atomic E-state index is 0.162. The molecule has 6 heteroatoms. The highest BCUT2D eigenvalue weighted by molar-refractivity contribution is 5.81. The highest BCUT2D eigenvalue weighted by atomic mass is 16.6. The number of carbonyl (C=O) groups excluding carboxylic acids is 2. The molecule has 21 heavy (non-hydrogen) atoms. The molecule has 0 fully saturated rings. The van der Waals surface area contributed by atoms with Gasteiger partial charge in [-0.25, -0.2) is 9.59 Å². The predicted molar refractivity (Wildman–Crippen MR) is 78.5 cm³/mol. The molecule has 6 nitrogen and oxygen atoms in total. The number of nitrogens with zero attached hydrogens (tertiary/aromatic N) is 1. The van der Waals surface area contributed by atoms with Crippen molar-refractivity contribution >= 4 is 12.1 Å². The summed E-state index contributed by atoms with van der Waals surface area (Å²) < 4.78 is 9.91. The van der Waals surface area contributed by atoms with Gasteiger partial charge in [0.25, 0.3) is 0 Å². The van der Waals surface area contributed by atoms with Crippen molar-refractivity contribution in [1.82, 2.24) is 4.90 Å². The molecule has 0 saturated heterocycles. The van der Waals surface area contributed by atoms with Gasteiger partial charge in [-0.3, -0.25) is 4.90 Å². The number of benzene rings is 1.